The number of para-hydroxylation sites is 1. The number of H-pyrrole nitrogens is 1. The number of nitrogens with zero attached hydrogens (tertiary/aromatic N) is 2. The first-order chi connectivity index (χ1) is 13.0. The number of carbonyl (C=O) groups is 1. The van der Waals surface area contributed by atoms with Crippen molar-refractivity contribution in [2.75, 3.05) is 18.4 Å². The molecule has 0 spiro atoms. The van der Waals surface area contributed by atoms with E-state index in [-0.39, 0.29) is 30.2 Å². The lowest BCUT2D eigenvalue weighted by atomic mass is 10.2. The first-order valence-corrected chi connectivity index (χ1v) is 8.41. The van der Waals surface area contributed by atoms with E-state index in [1.807, 2.05) is 6.92 Å². The maximum Gasteiger partial charge on any atom is 0.258 e. The Hall–Kier alpha value is -3.13. The van der Waals surface area contributed by atoms with Crippen LogP contribution in [0.15, 0.2) is 47.3 Å². The van der Waals surface area contributed by atoms with Gasteiger partial charge in [-0.05, 0) is 30.8 Å². The number of likely N-dealkylation sites (N-methyl/N-ethyl adjacent to an activating group) is 1. The molecule has 27 heavy (non-hydrogen) atoms. The number of aromatic amines is 1. The van der Waals surface area contributed by atoms with E-state index in [0.29, 0.717) is 23.3 Å². The topological polar surface area (TPSA) is 78.1 Å². The van der Waals surface area contributed by atoms with E-state index in [2.05, 4.69) is 15.3 Å². The minimum atomic E-state index is -1.03. The van der Waals surface area contributed by atoms with E-state index in [0.717, 1.165) is 12.1 Å². The summed E-state index contributed by atoms with van der Waals surface area (Å²) in [5.41, 5.74) is 0.517. The fraction of sp³-hybridized carbons (Fsp3) is 0.211. The highest BCUT2D eigenvalue weighted by Gasteiger charge is 2.13. The second-order valence-electron chi connectivity index (χ2n) is 6.01. The van der Waals surface area contributed by atoms with Crippen molar-refractivity contribution in [1.82, 2.24) is 14.9 Å². The number of hydrogen-bond acceptors (Lipinski definition) is 4. The summed E-state index contributed by atoms with van der Waals surface area (Å²) in [4.78, 5) is 33.2. The molecule has 0 bridgehead atoms. The molecule has 0 aliphatic carbocycles. The maximum atomic E-state index is 13.2. The molecule has 6 nitrogen and oxygen atoms in total. The van der Waals surface area contributed by atoms with E-state index in [1.54, 1.807) is 29.2 Å². The summed E-state index contributed by atoms with van der Waals surface area (Å²) in [6, 6.07) is 10.2. The minimum Gasteiger partial charge on any atom is -0.325 e. The van der Waals surface area contributed by atoms with Gasteiger partial charge in [-0.3, -0.25) is 14.5 Å². The Morgan fingerprint density at radius 3 is 2.70 bits per heavy atom. The zero-order valence-electron chi connectivity index (χ0n) is 14.6. The third kappa shape index (κ3) is 4.53. The van der Waals surface area contributed by atoms with Crippen LogP contribution >= 0.6 is 0 Å². The number of halogens is 2. The third-order valence-corrected chi connectivity index (χ3v) is 4.05. The van der Waals surface area contributed by atoms with E-state index in [4.69, 9.17) is 0 Å². The average Bonchev–Trinajstić information content (AvgIpc) is 2.64. The second kappa shape index (κ2) is 8.05. The molecule has 3 aromatic rings. The van der Waals surface area contributed by atoms with E-state index < -0.39 is 11.6 Å². The van der Waals surface area contributed by atoms with Gasteiger partial charge in [0, 0.05) is 11.8 Å². The summed E-state index contributed by atoms with van der Waals surface area (Å²) in [6.45, 7) is 2.67. The number of carbonyl (C=O) groups excluding carboxylic acids is 1. The predicted octanol–water partition coefficient (Wildman–Crippen LogP) is 2.66. The fourth-order valence-corrected chi connectivity index (χ4v) is 2.68. The van der Waals surface area contributed by atoms with Crippen molar-refractivity contribution in [2.45, 2.75) is 13.5 Å². The molecule has 1 amide bonds. The molecular weight excluding hydrogens is 354 g/mol. The monoisotopic (exact) mass is 372 g/mol. The van der Waals surface area contributed by atoms with Crippen molar-refractivity contribution in [3.05, 3.63) is 70.3 Å². The molecule has 0 radical (unpaired) electrons. The smallest absolute Gasteiger partial charge is 0.258 e. The van der Waals surface area contributed by atoms with Crippen molar-refractivity contribution in [2.24, 2.45) is 0 Å². The van der Waals surface area contributed by atoms with Crippen LogP contribution in [0.1, 0.15) is 12.7 Å². The molecule has 1 heterocycles. The molecule has 2 aromatic carbocycles. The van der Waals surface area contributed by atoms with Gasteiger partial charge < -0.3 is 10.3 Å². The zero-order chi connectivity index (χ0) is 19.4. The molecule has 140 valence electrons. The molecule has 0 aliphatic rings. The van der Waals surface area contributed by atoms with Gasteiger partial charge in [-0.25, -0.2) is 13.8 Å². The molecule has 0 fully saturated rings. The summed E-state index contributed by atoms with van der Waals surface area (Å²) >= 11 is 0. The number of amides is 1. The Bertz CT molecular complexity index is 1040. The van der Waals surface area contributed by atoms with Gasteiger partial charge in [-0.1, -0.05) is 19.1 Å². The van der Waals surface area contributed by atoms with E-state index >= 15 is 0 Å². The lowest BCUT2D eigenvalue weighted by Gasteiger charge is -2.19. The van der Waals surface area contributed by atoms with Crippen LogP contribution in [0, 0.1) is 11.6 Å². The first kappa shape index (κ1) is 18.7. The molecule has 2 N–H and O–H groups in total. The number of rotatable bonds is 6. The van der Waals surface area contributed by atoms with Gasteiger partial charge >= 0.3 is 0 Å². The quantitative estimate of drug-likeness (QED) is 0.697. The summed E-state index contributed by atoms with van der Waals surface area (Å²) in [6.07, 6.45) is 0. The van der Waals surface area contributed by atoms with Crippen LogP contribution in [0.4, 0.5) is 14.5 Å². The normalized spacial score (nSPS) is 11.1. The summed E-state index contributed by atoms with van der Waals surface area (Å²) in [5.74, 6) is -1.94. The predicted molar refractivity (Wildman–Crippen MR) is 98.3 cm³/mol. The van der Waals surface area contributed by atoms with Gasteiger partial charge in [0.15, 0.2) is 11.6 Å². The molecule has 0 aliphatic heterocycles. The Labute approximate surface area is 153 Å². The number of aromatic nitrogens is 2. The van der Waals surface area contributed by atoms with Crippen molar-refractivity contribution < 1.29 is 13.6 Å². The van der Waals surface area contributed by atoms with Gasteiger partial charge in [0.1, 0.15) is 5.82 Å². The van der Waals surface area contributed by atoms with E-state index in [1.165, 1.54) is 6.07 Å². The highest BCUT2D eigenvalue weighted by atomic mass is 19.2. The number of benzene rings is 2. The van der Waals surface area contributed by atoms with Crippen molar-refractivity contribution in [3.63, 3.8) is 0 Å². The van der Waals surface area contributed by atoms with Crippen LogP contribution in [0.2, 0.25) is 0 Å². The van der Waals surface area contributed by atoms with Gasteiger partial charge in [-0.2, -0.15) is 0 Å². The molecule has 0 saturated heterocycles. The van der Waals surface area contributed by atoms with Crippen LogP contribution in [0.5, 0.6) is 0 Å². The molecule has 8 heteroatoms. The number of hydrogen-bond donors (Lipinski definition) is 2. The summed E-state index contributed by atoms with van der Waals surface area (Å²) in [7, 11) is 0. The van der Waals surface area contributed by atoms with Crippen LogP contribution in [0.3, 0.4) is 0 Å². The fourth-order valence-electron chi connectivity index (χ4n) is 2.68. The largest absolute Gasteiger partial charge is 0.325 e. The SMILES string of the molecule is CCN(CC(=O)Nc1ccc(F)c(F)c1)Cc1nc2ccccc2c(=O)[nH]1. The minimum absolute atomic E-state index is 0.00598. The van der Waals surface area contributed by atoms with Crippen LogP contribution in [0.25, 0.3) is 10.9 Å². The lowest BCUT2D eigenvalue weighted by Crippen LogP contribution is -2.33. The van der Waals surface area contributed by atoms with Crippen molar-refractivity contribution in [1.29, 1.82) is 0 Å². The van der Waals surface area contributed by atoms with Gasteiger partial charge in [0.25, 0.3) is 5.56 Å². The lowest BCUT2D eigenvalue weighted by molar-refractivity contribution is -0.117. The standard InChI is InChI=1S/C19H18F2N4O2/c1-2-25(11-18(26)22-12-7-8-14(20)15(21)9-12)10-17-23-16-6-4-3-5-13(16)19(27)24-17/h3-9H,2,10-11H2,1H3,(H,22,26)(H,23,24,27). The molecule has 3 rings (SSSR count). The van der Waals surface area contributed by atoms with Crippen molar-refractivity contribution in [3.8, 4) is 0 Å². The number of anilines is 1. The van der Waals surface area contributed by atoms with Gasteiger partial charge in [-0.15, -0.1) is 0 Å². The van der Waals surface area contributed by atoms with Crippen LogP contribution in [-0.4, -0.2) is 33.9 Å². The van der Waals surface area contributed by atoms with E-state index in [9.17, 15) is 18.4 Å². The molecule has 1 aromatic heterocycles. The number of fused-ring (bicyclic) bond motifs is 1. The summed E-state index contributed by atoms with van der Waals surface area (Å²) < 4.78 is 26.2. The molecule has 0 saturated carbocycles. The molecule has 0 unspecified atom stereocenters. The second-order valence-corrected chi connectivity index (χ2v) is 6.01. The highest BCUT2D eigenvalue weighted by molar-refractivity contribution is 5.92. The zero-order valence-corrected chi connectivity index (χ0v) is 14.6. The maximum absolute atomic E-state index is 13.2. The van der Waals surface area contributed by atoms with Gasteiger partial charge in [0.05, 0.1) is 24.0 Å². The Kier molecular flexibility index (Phi) is 5.56. The Morgan fingerprint density at radius 1 is 1.19 bits per heavy atom. The Morgan fingerprint density at radius 2 is 1.96 bits per heavy atom. The van der Waals surface area contributed by atoms with Gasteiger partial charge in [0.2, 0.25) is 5.91 Å². The van der Waals surface area contributed by atoms with Crippen LogP contribution in [-0.2, 0) is 11.3 Å². The third-order valence-electron chi connectivity index (χ3n) is 4.05. The summed E-state index contributed by atoms with van der Waals surface area (Å²) in [5, 5.41) is 3.02. The Balaban J connectivity index is 1.69. The van der Waals surface area contributed by atoms with Crippen molar-refractivity contribution >= 4 is 22.5 Å². The first-order valence-electron chi connectivity index (χ1n) is 8.41. The number of nitrogens with one attached hydrogen (secondary N) is 2. The molecule has 0 atom stereocenters. The average molecular weight is 372 g/mol. The molecular formula is C19H18F2N4O2. The highest BCUT2D eigenvalue weighted by Crippen LogP contribution is 2.13. The van der Waals surface area contributed by atoms with Crippen LogP contribution < -0.4 is 10.9 Å².